The fourth-order valence-corrected chi connectivity index (χ4v) is 2.80. The van der Waals surface area contributed by atoms with Crippen LogP contribution in [0.4, 0.5) is 0 Å². The van der Waals surface area contributed by atoms with E-state index in [1.165, 1.54) is 11.1 Å². The van der Waals surface area contributed by atoms with E-state index >= 15 is 0 Å². The quantitative estimate of drug-likeness (QED) is 0.393. The Morgan fingerprint density at radius 1 is 1.28 bits per heavy atom. The highest BCUT2D eigenvalue weighted by Gasteiger charge is 2.09. The van der Waals surface area contributed by atoms with Gasteiger partial charge in [-0.25, -0.2) is 0 Å². The average molecular weight is 477 g/mol. The molecule has 0 saturated heterocycles. The normalized spacial score (nSPS) is 11.2. The number of guanidine groups is 1. The summed E-state index contributed by atoms with van der Waals surface area (Å²) >= 11 is 6.04. The molecule has 0 unspecified atom stereocenters. The molecule has 0 atom stereocenters. The van der Waals surface area contributed by atoms with Crippen LogP contribution in [-0.2, 0) is 31.5 Å². The number of methoxy groups -OCH3 is 1. The molecule has 0 amide bonds. The summed E-state index contributed by atoms with van der Waals surface area (Å²) in [6, 6.07) is 10.3. The fourth-order valence-electron chi connectivity index (χ4n) is 2.53. The van der Waals surface area contributed by atoms with E-state index in [2.05, 4.69) is 39.5 Å². The Bertz CT molecular complexity index is 685. The minimum atomic E-state index is 0. The molecule has 25 heavy (non-hydrogen) atoms. The van der Waals surface area contributed by atoms with Crippen LogP contribution in [0.3, 0.4) is 0 Å². The lowest BCUT2D eigenvalue weighted by Gasteiger charge is -2.22. The first-order chi connectivity index (χ1) is 11.5. The van der Waals surface area contributed by atoms with Gasteiger partial charge in [0.15, 0.2) is 5.96 Å². The van der Waals surface area contributed by atoms with E-state index in [1.807, 2.05) is 30.9 Å². The average Bonchev–Trinajstić information content (AvgIpc) is 2.87. The van der Waals surface area contributed by atoms with Crippen molar-refractivity contribution in [2.24, 2.45) is 12.0 Å². The van der Waals surface area contributed by atoms with Crippen molar-refractivity contribution in [3.05, 3.63) is 58.4 Å². The van der Waals surface area contributed by atoms with E-state index in [9.17, 15) is 0 Å². The maximum Gasteiger partial charge on any atom is 0.194 e. The minimum Gasteiger partial charge on any atom is -0.380 e. The summed E-state index contributed by atoms with van der Waals surface area (Å²) in [5.41, 5.74) is 3.50. The topological polar surface area (TPSA) is 41.8 Å². The molecule has 5 nitrogen and oxygen atoms in total. The Labute approximate surface area is 172 Å². The predicted molar refractivity (Wildman–Crippen MR) is 115 cm³/mol. The third kappa shape index (κ3) is 6.52. The van der Waals surface area contributed by atoms with Gasteiger partial charge in [0.2, 0.25) is 0 Å². The molecule has 1 N–H and O–H groups in total. The van der Waals surface area contributed by atoms with Gasteiger partial charge in [0.1, 0.15) is 0 Å². The molecule has 0 spiro atoms. The number of rotatable bonds is 6. The fraction of sp³-hybridized carbons (Fsp3) is 0.389. The number of halogens is 2. The Hall–Kier alpha value is -1.25. The van der Waals surface area contributed by atoms with E-state index in [4.69, 9.17) is 16.3 Å². The van der Waals surface area contributed by atoms with Crippen LogP contribution in [0.15, 0.2) is 41.5 Å². The van der Waals surface area contributed by atoms with Gasteiger partial charge in [0, 0.05) is 46.7 Å². The van der Waals surface area contributed by atoms with E-state index in [0.29, 0.717) is 6.61 Å². The van der Waals surface area contributed by atoms with Crippen LogP contribution in [0.1, 0.15) is 16.8 Å². The Morgan fingerprint density at radius 3 is 2.44 bits per heavy atom. The standard InChI is InChI=1S/C18H25ClN4O.HI/c1-20-18(23(3)12-17-9-16(19)11-22(17)2)21-10-14-5-7-15(8-6-14)13-24-4;/h5-9,11H,10,12-13H2,1-4H3,(H,20,21);1H. The molecule has 1 aromatic heterocycles. The minimum absolute atomic E-state index is 0. The van der Waals surface area contributed by atoms with Crippen molar-refractivity contribution in [2.75, 3.05) is 21.2 Å². The molecule has 0 aliphatic heterocycles. The zero-order valence-electron chi connectivity index (χ0n) is 15.1. The van der Waals surface area contributed by atoms with Gasteiger partial charge in [-0.1, -0.05) is 35.9 Å². The molecule has 7 heteroatoms. The van der Waals surface area contributed by atoms with Crippen LogP contribution in [0, 0.1) is 0 Å². The van der Waals surface area contributed by atoms with Crippen LogP contribution in [0.25, 0.3) is 0 Å². The van der Waals surface area contributed by atoms with Crippen molar-refractivity contribution in [1.29, 1.82) is 0 Å². The summed E-state index contributed by atoms with van der Waals surface area (Å²) in [5.74, 6) is 0.841. The molecule has 0 bridgehead atoms. The number of aryl methyl sites for hydroxylation is 1. The number of nitrogens with one attached hydrogen (secondary N) is 1. The first-order valence-corrected chi connectivity index (χ1v) is 8.20. The Balaban J connectivity index is 0.00000312. The predicted octanol–water partition coefficient (Wildman–Crippen LogP) is 3.65. The lowest BCUT2D eigenvalue weighted by atomic mass is 10.1. The Morgan fingerprint density at radius 2 is 1.92 bits per heavy atom. The molecule has 1 aromatic carbocycles. The summed E-state index contributed by atoms with van der Waals surface area (Å²) in [4.78, 5) is 6.43. The van der Waals surface area contributed by atoms with Crippen molar-refractivity contribution in [1.82, 2.24) is 14.8 Å². The van der Waals surface area contributed by atoms with Crippen LogP contribution in [-0.4, -0.2) is 36.6 Å². The molecule has 0 aliphatic rings. The molecule has 0 fully saturated rings. The van der Waals surface area contributed by atoms with E-state index in [-0.39, 0.29) is 24.0 Å². The van der Waals surface area contributed by atoms with Gasteiger partial charge in [-0.3, -0.25) is 4.99 Å². The molecule has 0 radical (unpaired) electrons. The van der Waals surface area contributed by atoms with Crippen molar-refractivity contribution >= 4 is 41.5 Å². The molecular formula is C18H26ClIN4O. The number of benzene rings is 1. The summed E-state index contributed by atoms with van der Waals surface area (Å²) in [6.45, 7) is 2.09. The highest BCUT2D eigenvalue weighted by molar-refractivity contribution is 14.0. The second-order valence-electron chi connectivity index (χ2n) is 5.77. The van der Waals surface area contributed by atoms with E-state index in [1.54, 1.807) is 14.2 Å². The second kappa shape index (κ2) is 10.7. The SMILES string of the molecule is CN=C(NCc1ccc(COC)cc1)N(C)Cc1cc(Cl)cn1C.I. The van der Waals surface area contributed by atoms with Gasteiger partial charge in [0.25, 0.3) is 0 Å². The van der Waals surface area contributed by atoms with Crippen LogP contribution in [0.2, 0.25) is 5.02 Å². The molecule has 138 valence electrons. The monoisotopic (exact) mass is 476 g/mol. The van der Waals surface area contributed by atoms with Crippen LogP contribution in [0.5, 0.6) is 0 Å². The number of nitrogens with zero attached hydrogens (tertiary/aromatic N) is 3. The number of hydrogen-bond acceptors (Lipinski definition) is 2. The van der Waals surface area contributed by atoms with Gasteiger partial charge < -0.3 is 19.5 Å². The largest absolute Gasteiger partial charge is 0.380 e. The molecule has 2 rings (SSSR count). The second-order valence-corrected chi connectivity index (χ2v) is 6.20. The van der Waals surface area contributed by atoms with Crippen LogP contribution < -0.4 is 5.32 Å². The molecule has 1 heterocycles. The number of aromatic nitrogens is 1. The zero-order chi connectivity index (χ0) is 17.5. The van der Waals surface area contributed by atoms with Gasteiger partial charge >= 0.3 is 0 Å². The molecular weight excluding hydrogens is 451 g/mol. The third-order valence-corrected chi connectivity index (χ3v) is 4.04. The summed E-state index contributed by atoms with van der Waals surface area (Å²) < 4.78 is 7.16. The van der Waals surface area contributed by atoms with Crippen molar-refractivity contribution in [2.45, 2.75) is 19.7 Å². The number of aliphatic imine (C=N–C) groups is 1. The summed E-state index contributed by atoms with van der Waals surface area (Å²) in [6.07, 6.45) is 1.91. The number of ether oxygens (including phenoxy) is 1. The van der Waals surface area contributed by atoms with Crippen molar-refractivity contribution in [3.63, 3.8) is 0 Å². The maximum absolute atomic E-state index is 6.04. The van der Waals surface area contributed by atoms with Gasteiger partial charge in [-0.05, 0) is 17.2 Å². The highest BCUT2D eigenvalue weighted by Crippen LogP contribution is 2.14. The summed E-state index contributed by atoms with van der Waals surface area (Å²) in [5, 5.41) is 4.14. The van der Waals surface area contributed by atoms with E-state index < -0.39 is 0 Å². The molecule has 0 saturated carbocycles. The first kappa shape index (κ1) is 21.8. The van der Waals surface area contributed by atoms with Crippen molar-refractivity contribution in [3.8, 4) is 0 Å². The lowest BCUT2D eigenvalue weighted by molar-refractivity contribution is 0.185. The molecule has 2 aromatic rings. The highest BCUT2D eigenvalue weighted by atomic mass is 127. The van der Waals surface area contributed by atoms with Gasteiger partial charge in [-0.2, -0.15) is 0 Å². The maximum atomic E-state index is 6.04. The molecule has 0 aliphatic carbocycles. The smallest absolute Gasteiger partial charge is 0.194 e. The third-order valence-electron chi connectivity index (χ3n) is 3.83. The van der Waals surface area contributed by atoms with Gasteiger partial charge in [0.05, 0.1) is 18.2 Å². The zero-order valence-corrected chi connectivity index (χ0v) is 18.2. The van der Waals surface area contributed by atoms with E-state index in [0.717, 1.165) is 29.8 Å². The van der Waals surface area contributed by atoms with Gasteiger partial charge in [-0.15, -0.1) is 24.0 Å². The number of hydrogen-bond donors (Lipinski definition) is 1. The summed E-state index contributed by atoms with van der Waals surface area (Å²) in [7, 11) is 7.50. The van der Waals surface area contributed by atoms with Crippen LogP contribution >= 0.6 is 35.6 Å². The lowest BCUT2D eigenvalue weighted by Crippen LogP contribution is -2.38. The first-order valence-electron chi connectivity index (χ1n) is 7.82. The van der Waals surface area contributed by atoms with Crippen molar-refractivity contribution < 1.29 is 4.74 Å². The Kier molecular flexibility index (Phi) is 9.31.